The fourth-order valence-corrected chi connectivity index (χ4v) is 1.25. The molecule has 0 unspecified atom stereocenters. The molecule has 2 N–H and O–H groups in total. The van der Waals surface area contributed by atoms with Gasteiger partial charge in [0.05, 0.1) is 17.6 Å². The van der Waals surface area contributed by atoms with E-state index in [1.165, 1.54) is 0 Å². The third kappa shape index (κ3) is 6.80. The van der Waals surface area contributed by atoms with Crippen LogP contribution in [0.5, 0.6) is 0 Å². The summed E-state index contributed by atoms with van der Waals surface area (Å²) >= 11 is 0. The number of ether oxygens (including phenoxy) is 1. The van der Waals surface area contributed by atoms with Crippen molar-refractivity contribution in [2.75, 3.05) is 26.7 Å². The van der Waals surface area contributed by atoms with Crippen molar-refractivity contribution in [3.05, 3.63) is 0 Å². The van der Waals surface area contributed by atoms with Gasteiger partial charge < -0.3 is 15.4 Å². The summed E-state index contributed by atoms with van der Waals surface area (Å²) < 4.78 is 5.57. The van der Waals surface area contributed by atoms with Gasteiger partial charge >= 0.3 is 0 Å². The normalized spacial score (nSPS) is 12.6. The highest BCUT2D eigenvalue weighted by Crippen LogP contribution is 2.12. The maximum atomic E-state index is 11.5. The molecule has 0 aliphatic heterocycles. The number of rotatable bonds is 6. The number of carbonyl (C=O) groups is 1. The zero-order chi connectivity index (χ0) is 12.8. The highest BCUT2D eigenvalue weighted by molar-refractivity contribution is 5.81. The van der Waals surface area contributed by atoms with Gasteiger partial charge in [-0.25, -0.2) is 0 Å². The van der Waals surface area contributed by atoms with Crippen LogP contribution in [-0.2, 0) is 9.53 Å². The molecule has 0 aromatic carbocycles. The van der Waals surface area contributed by atoms with Crippen LogP contribution in [0.1, 0.15) is 34.6 Å². The van der Waals surface area contributed by atoms with Crippen molar-refractivity contribution in [1.29, 1.82) is 0 Å². The van der Waals surface area contributed by atoms with Gasteiger partial charge in [-0.05, 0) is 34.6 Å². The Bertz CT molecular complexity index is 220. The van der Waals surface area contributed by atoms with Crippen LogP contribution >= 0.6 is 0 Å². The molecule has 0 rings (SSSR count). The van der Waals surface area contributed by atoms with Crippen LogP contribution in [0.2, 0.25) is 0 Å². The smallest absolute Gasteiger partial charge is 0.226 e. The average molecular weight is 230 g/mol. The van der Waals surface area contributed by atoms with E-state index in [1.807, 2.05) is 34.6 Å². The molecule has 0 fully saturated rings. The predicted octanol–water partition coefficient (Wildman–Crippen LogP) is 1.16. The van der Waals surface area contributed by atoms with Gasteiger partial charge in [-0.2, -0.15) is 0 Å². The van der Waals surface area contributed by atoms with Crippen LogP contribution in [0.3, 0.4) is 0 Å². The summed E-state index contributed by atoms with van der Waals surface area (Å²) in [7, 11) is 1.66. The summed E-state index contributed by atoms with van der Waals surface area (Å²) in [4.78, 5) is 11.5. The van der Waals surface area contributed by atoms with Gasteiger partial charge in [0.2, 0.25) is 5.91 Å². The summed E-state index contributed by atoms with van der Waals surface area (Å²) in [6.07, 6.45) is 0. The van der Waals surface area contributed by atoms with Crippen LogP contribution < -0.4 is 10.6 Å². The minimum absolute atomic E-state index is 0.0525. The molecule has 0 aromatic heterocycles. The zero-order valence-electron chi connectivity index (χ0n) is 11.4. The van der Waals surface area contributed by atoms with Gasteiger partial charge in [0.15, 0.2) is 0 Å². The second-order valence-electron chi connectivity index (χ2n) is 5.60. The fraction of sp³-hybridized carbons (Fsp3) is 0.917. The molecule has 0 aliphatic carbocycles. The number of hydrogen-bond donors (Lipinski definition) is 2. The Morgan fingerprint density at radius 2 is 1.75 bits per heavy atom. The first-order chi connectivity index (χ1) is 7.19. The first kappa shape index (κ1) is 15.4. The SMILES string of the molecule is CNC(=O)C(C)(C)CNCCOC(C)(C)C. The third-order valence-electron chi connectivity index (χ3n) is 2.22. The Morgan fingerprint density at radius 1 is 1.19 bits per heavy atom. The lowest BCUT2D eigenvalue weighted by Crippen LogP contribution is -2.43. The molecule has 0 heterocycles. The Balaban J connectivity index is 3.70. The van der Waals surface area contributed by atoms with E-state index in [0.717, 1.165) is 6.54 Å². The Labute approximate surface area is 99.1 Å². The van der Waals surface area contributed by atoms with Crippen LogP contribution in [0.25, 0.3) is 0 Å². The highest BCUT2D eigenvalue weighted by atomic mass is 16.5. The molecule has 0 saturated carbocycles. The van der Waals surface area contributed by atoms with E-state index in [2.05, 4.69) is 10.6 Å². The molecule has 0 aromatic rings. The molecule has 16 heavy (non-hydrogen) atoms. The first-order valence-electron chi connectivity index (χ1n) is 5.76. The van der Waals surface area contributed by atoms with Crippen molar-refractivity contribution in [2.24, 2.45) is 5.41 Å². The second kappa shape index (κ2) is 6.21. The molecular formula is C12H26N2O2. The van der Waals surface area contributed by atoms with Gasteiger partial charge in [0, 0.05) is 20.1 Å². The maximum Gasteiger partial charge on any atom is 0.226 e. The number of hydrogen-bond acceptors (Lipinski definition) is 3. The van der Waals surface area contributed by atoms with Crippen molar-refractivity contribution >= 4 is 5.91 Å². The summed E-state index contributed by atoms with van der Waals surface area (Å²) in [5.41, 5.74) is -0.478. The van der Waals surface area contributed by atoms with Crippen molar-refractivity contribution in [1.82, 2.24) is 10.6 Å². The number of carbonyl (C=O) groups excluding carboxylic acids is 1. The molecule has 1 amide bonds. The lowest BCUT2D eigenvalue weighted by atomic mass is 9.92. The molecule has 0 atom stereocenters. The minimum Gasteiger partial charge on any atom is -0.375 e. The van der Waals surface area contributed by atoms with Crippen LogP contribution in [0.4, 0.5) is 0 Å². The third-order valence-corrected chi connectivity index (χ3v) is 2.22. The van der Waals surface area contributed by atoms with E-state index < -0.39 is 0 Å². The summed E-state index contributed by atoms with van der Waals surface area (Å²) in [6, 6.07) is 0. The minimum atomic E-state index is -0.378. The van der Waals surface area contributed by atoms with E-state index in [9.17, 15) is 4.79 Å². The molecule has 0 radical (unpaired) electrons. The molecule has 0 aliphatic rings. The summed E-state index contributed by atoms with van der Waals surface area (Å²) in [6.45, 7) is 12.0. The van der Waals surface area contributed by atoms with Crippen molar-refractivity contribution in [3.8, 4) is 0 Å². The molecule has 4 heteroatoms. The fourth-order valence-electron chi connectivity index (χ4n) is 1.25. The average Bonchev–Trinajstić information content (AvgIpc) is 2.14. The van der Waals surface area contributed by atoms with E-state index in [1.54, 1.807) is 7.05 Å². The van der Waals surface area contributed by atoms with Gasteiger partial charge in [-0.3, -0.25) is 4.79 Å². The van der Waals surface area contributed by atoms with E-state index in [-0.39, 0.29) is 16.9 Å². The largest absolute Gasteiger partial charge is 0.375 e. The molecule has 0 bridgehead atoms. The maximum absolute atomic E-state index is 11.5. The van der Waals surface area contributed by atoms with Gasteiger partial charge in [-0.15, -0.1) is 0 Å². The lowest BCUT2D eigenvalue weighted by molar-refractivity contribution is -0.128. The topological polar surface area (TPSA) is 50.4 Å². The quantitative estimate of drug-likeness (QED) is 0.673. The van der Waals surface area contributed by atoms with Gasteiger partial charge in [0.1, 0.15) is 0 Å². The monoisotopic (exact) mass is 230 g/mol. The first-order valence-corrected chi connectivity index (χ1v) is 5.76. The van der Waals surface area contributed by atoms with Crippen molar-refractivity contribution in [2.45, 2.75) is 40.2 Å². The number of nitrogens with one attached hydrogen (secondary N) is 2. The van der Waals surface area contributed by atoms with Gasteiger partial charge in [-0.1, -0.05) is 0 Å². The molecule has 0 saturated heterocycles. The molecular weight excluding hydrogens is 204 g/mol. The summed E-state index contributed by atoms with van der Waals surface area (Å²) in [5.74, 6) is 0.0525. The van der Waals surface area contributed by atoms with Gasteiger partial charge in [0.25, 0.3) is 0 Å². The van der Waals surface area contributed by atoms with E-state index in [0.29, 0.717) is 13.2 Å². The molecule has 4 nitrogen and oxygen atoms in total. The van der Waals surface area contributed by atoms with Crippen LogP contribution in [-0.4, -0.2) is 38.3 Å². The predicted molar refractivity (Wildman–Crippen MR) is 66.4 cm³/mol. The van der Waals surface area contributed by atoms with Crippen molar-refractivity contribution in [3.63, 3.8) is 0 Å². The van der Waals surface area contributed by atoms with Crippen LogP contribution in [0.15, 0.2) is 0 Å². The molecule has 96 valence electrons. The highest BCUT2D eigenvalue weighted by Gasteiger charge is 2.25. The Hall–Kier alpha value is -0.610. The number of amides is 1. The van der Waals surface area contributed by atoms with E-state index in [4.69, 9.17) is 4.74 Å². The zero-order valence-corrected chi connectivity index (χ0v) is 11.4. The van der Waals surface area contributed by atoms with E-state index >= 15 is 0 Å². The Kier molecular flexibility index (Phi) is 5.97. The standard InChI is InChI=1S/C12H26N2O2/c1-11(2,3)16-8-7-14-9-12(4,5)10(15)13-6/h14H,7-9H2,1-6H3,(H,13,15). The van der Waals surface area contributed by atoms with Crippen LogP contribution in [0, 0.1) is 5.41 Å². The second-order valence-corrected chi connectivity index (χ2v) is 5.60. The summed E-state index contributed by atoms with van der Waals surface area (Å²) in [5, 5.41) is 5.89. The lowest BCUT2D eigenvalue weighted by Gasteiger charge is -2.24. The van der Waals surface area contributed by atoms with Crippen molar-refractivity contribution < 1.29 is 9.53 Å². The molecule has 0 spiro atoms. The Morgan fingerprint density at radius 3 is 2.19 bits per heavy atom.